The zero-order chi connectivity index (χ0) is 20.6. The highest BCUT2D eigenvalue weighted by atomic mass is 32.2. The summed E-state index contributed by atoms with van der Waals surface area (Å²) < 4.78 is 30.1. The number of hydrogen-bond acceptors (Lipinski definition) is 7. The van der Waals surface area contributed by atoms with E-state index in [-0.39, 0.29) is 22.6 Å². The van der Waals surface area contributed by atoms with E-state index in [0.717, 1.165) is 53.9 Å². The van der Waals surface area contributed by atoms with Gasteiger partial charge in [0.1, 0.15) is 6.54 Å². The molecule has 1 fully saturated rings. The van der Waals surface area contributed by atoms with Gasteiger partial charge in [0, 0.05) is 53.9 Å². The van der Waals surface area contributed by atoms with Gasteiger partial charge in [-0.05, 0) is 31.0 Å². The number of piperidine rings is 1. The van der Waals surface area contributed by atoms with Crippen molar-refractivity contribution in [2.24, 2.45) is 5.73 Å². The summed E-state index contributed by atoms with van der Waals surface area (Å²) >= 11 is 0.952. The van der Waals surface area contributed by atoms with E-state index < -0.39 is 9.84 Å². The molecular weight excluding hydrogens is 410 g/mol. The summed E-state index contributed by atoms with van der Waals surface area (Å²) in [5, 5.41) is 5.24. The average Bonchev–Trinajstić information content (AvgIpc) is 3.28. The van der Waals surface area contributed by atoms with E-state index in [1.807, 2.05) is 29.0 Å². The van der Waals surface area contributed by atoms with Crippen LogP contribution in [0.4, 0.5) is 0 Å². The zero-order valence-corrected chi connectivity index (χ0v) is 17.7. The maximum absolute atomic E-state index is 12.0. The number of nitrogens with two attached hydrogens (primary N) is 1. The van der Waals surface area contributed by atoms with Crippen molar-refractivity contribution >= 4 is 38.2 Å². The van der Waals surface area contributed by atoms with E-state index >= 15 is 0 Å². The normalized spacial score (nSPS) is 18.3. The number of primary amides is 1. The van der Waals surface area contributed by atoms with E-state index in [0.29, 0.717) is 12.2 Å². The number of benzene rings is 1. The number of aromatic nitrogens is 3. The van der Waals surface area contributed by atoms with Crippen molar-refractivity contribution in [1.29, 1.82) is 0 Å². The Morgan fingerprint density at radius 1 is 1.34 bits per heavy atom. The Kier molecular flexibility index (Phi) is 5.41. The molecule has 1 atom stereocenters. The van der Waals surface area contributed by atoms with Crippen LogP contribution in [0.15, 0.2) is 34.7 Å². The average molecular weight is 434 g/mol. The molecule has 2 aromatic heterocycles. The number of nitrogens with zero attached hydrogens (tertiary/aromatic N) is 4. The maximum Gasteiger partial charge on any atom is 0.237 e. The summed E-state index contributed by atoms with van der Waals surface area (Å²) in [5.41, 5.74) is 8.11. The Labute approximate surface area is 173 Å². The molecule has 4 rings (SSSR count). The lowest BCUT2D eigenvalue weighted by molar-refractivity contribution is -0.118. The van der Waals surface area contributed by atoms with E-state index in [9.17, 15) is 13.2 Å². The molecule has 154 valence electrons. The minimum atomic E-state index is -3.32. The van der Waals surface area contributed by atoms with Gasteiger partial charge in [0.2, 0.25) is 5.91 Å². The molecule has 10 heteroatoms. The van der Waals surface area contributed by atoms with Crippen LogP contribution in [-0.4, -0.2) is 52.7 Å². The fourth-order valence-corrected chi connectivity index (χ4v) is 5.84. The number of amides is 1. The molecule has 1 aliphatic heterocycles. The third kappa shape index (κ3) is 4.19. The van der Waals surface area contributed by atoms with Gasteiger partial charge in [-0.1, -0.05) is 22.7 Å². The van der Waals surface area contributed by atoms with Gasteiger partial charge in [-0.15, -0.1) is 5.10 Å². The summed E-state index contributed by atoms with van der Waals surface area (Å²) in [6.45, 7) is 2.51. The third-order valence-electron chi connectivity index (χ3n) is 5.30. The predicted molar refractivity (Wildman–Crippen MR) is 111 cm³/mol. The standard InChI is InChI=1S/C19H23N5O3S2/c1-29(26,27)19-18(21-22-28-19)13-5-4-8-23(9-13)10-14-11-24(12-17(20)25)16-7-3-2-6-15(14)16/h2-3,6-7,11,13H,4-5,8-10,12H2,1H3,(H2,20,25)/t13-/m0/s1. The number of para-hydroxylation sites is 1. The number of carbonyl (C=O) groups is 1. The van der Waals surface area contributed by atoms with Crippen molar-refractivity contribution in [3.05, 3.63) is 41.7 Å². The smallest absolute Gasteiger partial charge is 0.237 e. The van der Waals surface area contributed by atoms with E-state index in [1.165, 1.54) is 6.26 Å². The summed E-state index contributed by atoms with van der Waals surface area (Å²) in [4.78, 5) is 13.7. The van der Waals surface area contributed by atoms with Gasteiger partial charge in [0.05, 0.1) is 5.69 Å². The summed E-state index contributed by atoms with van der Waals surface area (Å²) in [5.74, 6) is -0.328. The first-order chi connectivity index (χ1) is 13.8. The first-order valence-electron chi connectivity index (χ1n) is 9.42. The lowest BCUT2D eigenvalue weighted by Crippen LogP contribution is -2.34. The highest BCUT2D eigenvalue weighted by Crippen LogP contribution is 2.33. The Morgan fingerprint density at radius 2 is 2.14 bits per heavy atom. The lowest BCUT2D eigenvalue weighted by atomic mass is 9.95. The Morgan fingerprint density at radius 3 is 2.90 bits per heavy atom. The first-order valence-corrected chi connectivity index (χ1v) is 12.1. The zero-order valence-electron chi connectivity index (χ0n) is 16.1. The molecule has 3 heterocycles. The predicted octanol–water partition coefficient (Wildman–Crippen LogP) is 1.76. The molecule has 2 N–H and O–H groups in total. The highest BCUT2D eigenvalue weighted by Gasteiger charge is 2.29. The Hall–Kier alpha value is -2.30. The second kappa shape index (κ2) is 7.85. The fourth-order valence-electron chi connectivity index (χ4n) is 4.11. The van der Waals surface area contributed by atoms with Gasteiger partial charge in [-0.3, -0.25) is 9.69 Å². The van der Waals surface area contributed by atoms with Crippen LogP contribution in [-0.2, 0) is 27.7 Å². The second-order valence-electron chi connectivity index (χ2n) is 7.56. The first kappa shape index (κ1) is 20.0. The topological polar surface area (TPSA) is 111 Å². The second-order valence-corrected chi connectivity index (χ2v) is 10.5. The molecule has 0 bridgehead atoms. The van der Waals surface area contributed by atoms with Crippen molar-refractivity contribution in [2.75, 3.05) is 19.3 Å². The van der Waals surface area contributed by atoms with E-state index in [2.05, 4.69) is 20.6 Å². The molecule has 29 heavy (non-hydrogen) atoms. The monoisotopic (exact) mass is 433 g/mol. The summed E-state index contributed by atoms with van der Waals surface area (Å²) in [6.07, 6.45) is 5.06. The highest BCUT2D eigenvalue weighted by molar-refractivity contribution is 7.92. The number of sulfone groups is 1. The van der Waals surface area contributed by atoms with E-state index in [1.54, 1.807) is 0 Å². The minimum Gasteiger partial charge on any atom is -0.368 e. The van der Waals surface area contributed by atoms with Crippen LogP contribution in [0.25, 0.3) is 10.9 Å². The molecule has 0 unspecified atom stereocenters. The molecule has 3 aromatic rings. The maximum atomic E-state index is 12.0. The van der Waals surface area contributed by atoms with Gasteiger partial charge >= 0.3 is 0 Å². The summed E-state index contributed by atoms with van der Waals surface area (Å²) in [7, 11) is -3.32. The van der Waals surface area contributed by atoms with Crippen molar-refractivity contribution in [3.8, 4) is 0 Å². The Balaban J connectivity index is 1.58. The van der Waals surface area contributed by atoms with Gasteiger partial charge in [0.25, 0.3) is 0 Å². The van der Waals surface area contributed by atoms with Crippen LogP contribution < -0.4 is 5.73 Å². The van der Waals surface area contributed by atoms with Gasteiger partial charge in [-0.2, -0.15) is 0 Å². The SMILES string of the molecule is CS(=O)(=O)c1snnc1[C@H]1CCCN(Cc2cn(CC(N)=O)c3ccccc23)C1. The van der Waals surface area contributed by atoms with Crippen LogP contribution >= 0.6 is 11.5 Å². The fraction of sp³-hybridized carbons (Fsp3) is 0.421. The molecule has 1 saturated heterocycles. The van der Waals surface area contributed by atoms with Crippen LogP contribution in [0.5, 0.6) is 0 Å². The third-order valence-corrected chi connectivity index (χ3v) is 7.85. The molecule has 0 spiro atoms. The Bertz CT molecular complexity index is 1150. The molecule has 0 aliphatic carbocycles. The van der Waals surface area contributed by atoms with Gasteiger partial charge in [0.15, 0.2) is 14.0 Å². The van der Waals surface area contributed by atoms with Crippen molar-refractivity contribution in [2.45, 2.75) is 36.1 Å². The molecule has 1 aliphatic rings. The number of likely N-dealkylation sites (tertiary alicyclic amines) is 1. The lowest BCUT2D eigenvalue weighted by Gasteiger charge is -2.32. The number of fused-ring (bicyclic) bond motifs is 1. The molecular formula is C19H23N5O3S2. The van der Waals surface area contributed by atoms with E-state index in [4.69, 9.17) is 5.73 Å². The van der Waals surface area contributed by atoms with Crippen LogP contribution in [0.2, 0.25) is 0 Å². The molecule has 0 saturated carbocycles. The van der Waals surface area contributed by atoms with Gasteiger partial charge in [-0.25, -0.2) is 8.42 Å². The molecule has 1 amide bonds. The van der Waals surface area contributed by atoms with Crippen LogP contribution in [0.1, 0.15) is 30.0 Å². The van der Waals surface area contributed by atoms with Crippen LogP contribution in [0.3, 0.4) is 0 Å². The molecule has 0 radical (unpaired) electrons. The van der Waals surface area contributed by atoms with Crippen molar-refractivity contribution in [1.82, 2.24) is 19.1 Å². The number of carbonyl (C=O) groups excluding carboxylic acids is 1. The molecule has 1 aromatic carbocycles. The van der Waals surface area contributed by atoms with Gasteiger partial charge < -0.3 is 10.3 Å². The molecule has 8 nitrogen and oxygen atoms in total. The summed E-state index contributed by atoms with van der Waals surface area (Å²) in [6, 6.07) is 7.97. The van der Waals surface area contributed by atoms with Crippen molar-refractivity contribution < 1.29 is 13.2 Å². The number of hydrogen-bond donors (Lipinski definition) is 1. The van der Waals surface area contributed by atoms with Crippen LogP contribution in [0, 0.1) is 0 Å². The largest absolute Gasteiger partial charge is 0.368 e. The minimum absolute atomic E-state index is 0.0474. The number of rotatable bonds is 6. The van der Waals surface area contributed by atoms with Crippen molar-refractivity contribution in [3.63, 3.8) is 0 Å². The quantitative estimate of drug-likeness (QED) is 0.634.